The Morgan fingerprint density at radius 2 is 1.85 bits per heavy atom. The van der Waals surface area contributed by atoms with Gasteiger partial charge in [-0.1, -0.05) is 60.5 Å². The number of para-hydroxylation sites is 1. The third kappa shape index (κ3) is 4.64. The van der Waals surface area contributed by atoms with Gasteiger partial charge in [0.05, 0.1) is 5.92 Å². The summed E-state index contributed by atoms with van der Waals surface area (Å²) in [6, 6.07) is 16.8. The quantitative estimate of drug-likeness (QED) is 0.650. The predicted octanol–water partition coefficient (Wildman–Crippen LogP) is 5.09. The van der Waals surface area contributed by atoms with Gasteiger partial charge in [0.1, 0.15) is 22.6 Å². The third-order valence-corrected chi connectivity index (χ3v) is 5.13. The summed E-state index contributed by atoms with van der Waals surface area (Å²) in [6.45, 7) is 1.79. The first-order valence-corrected chi connectivity index (χ1v) is 9.32. The van der Waals surface area contributed by atoms with Crippen molar-refractivity contribution >= 4 is 29.2 Å². The van der Waals surface area contributed by atoms with Crippen molar-refractivity contribution in [3.05, 3.63) is 70.7 Å². The summed E-state index contributed by atoms with van der Waals surface area (Å²) in [5.41, 5.74) is 0.218. The van der Waals surface area contributed by atoms with Crippen LogP contribution in [0.3, 0.4) is 0 Å². The standard InChI is InChI=1S/C21H20Cl2O4/c1-21(13-24)17(11-18(22)23)19(21)20(25)26-12-14-6-5-9-16(10-14)27-15-7-3-2-4-8-15/h2-11,17,19,24H,12-13H2,1H3/t17?,19-,21?/m0/s1. The topological polar surface area (TPSA) is 55.8 Å². The van der Waals surface area contributed by atoms with Crippen LogP contribution in [-0.2, 0) is 16.1 Å². The summed E-state index contributed by atoms with van der Waals surface area (Å²) in [5, 5.41) is 9.59. The average Bonchev–Trinajstić information content (AvgIpc) is 3.24. The van der Waals surface area contributed by atoms with E-state index in [4.69, 9.17) is 32.7 Å². The molecule has 0 aromatic heterocycles. The molecule has 6 heteroatoms. The van der Waals surface area contributed by atoms with E-state index >= 15 is 0 Å². The summed E-state index contributed by atoms with van der Waals surface area (Å²) >= 11 is 11.4. The van der Waals surface area contributed by atoms with Crippen LogP contribution in [0.15, 0.2) is 65.2 Å². The van der Waals surface area contributed by atoms with Crippen molar-refractivity contribution in [2.75, 3.05) is 6.61 Å². The maximum Gasteiger partial charge on any atom is 0.310 e. The molecular weight excluding hydrogens is 387 g/mol. The van der Waals surface area contributed by atoms with Gasteiger partial charge < -0.3 is 14.6 Å². The van der Waals surface area contributed by atoms with E-state index in [-0.39, 0.29) is 29.6 Å². The number of ether oxygens (including phenoxy) is 2. The number of carbonyl (C=O) groups excluding carboxylic acids is 1. The van der Waals surface area contributed by atoms with Crippen LogP contribution in [0.4, 0.5) is 0 Å². The van der Waals surface area contributed by atoms with Crippen LogP contribution in [0.1, 0.15) is 12.5 Å². The molecule has 142 valence electrons. The SMILES string of the molecule is CC1(CO)C(C=C(Cl)Cl)[C@H]1C(=O)OCc1cccc(Oc2ccccc2)c1. The molecule has 1 fully saturated rings. The Morgan fingerprint density at radius 3 is 2.52 bits per heavy atom. The second-order valence-corrected chi connectivity index (χ2v) is 7.80. The van der Waals surface area contributed by atoms with Crippen molar-refractivity contribution in [1.82, 2.24) is 0 Å². The molecule has 0 radical (unpaired) electrons. The summed E-state index contributed by atoms with van der Waals surface area (Å²) in [5.74, 6) is 0.329. The van der Waals surface area contributed by atoms with Crippen LogP contribution in [0, 0.1) is 17.3 Å². The fourth-order valence-corrected chi connectivity index (χ4v) is 3.48. The van der Waals surface area contributed by atoms with E-state index in [1.54, 1.807) is 6.08 Å². The van der Waals surface area contributed by atoms with Crippen LogP contribution >= 0.6 is 23.2 Å². The second kappa shape index (κ2) is 8.34. The number of hydrogen-bond donors (Lipinski definition) is 1. The van der Waals surface area contributed by atoms with Gasteiger partial charge in [-0.15, -0.1) is 0 Å². The third-order valence-electron chi connectivity index (χ3n) is 4.88. The van der Waals surface area contributed by atoms with Crippen LogP contribution in [0.25, 0.3) is 0 Å². The van der Waals surface area contributed by atoms with Gasteiger partial charge in [-0.05, 0) is 35.9 Å². The van der Waals surface area contributed by atoms with Gasteiger partial charge in [0.15, 0.2) is 0 Å². The minimum Gasteiger partial charge on any atom is -0.461 e. The van der Waals surface area contributed by atoms with E-state index in [9.17, 15) is 9.90 Å². The molecule has 0 amide bonds. The molecule has 1 saturated carbocycles. The molecule has 2 aromatic carbocycles. The number of esters is 1. The van der Waals surface area contributed by atoms with E-state index in [0.717, 1.165) is 11.3 Å². The predicted molar refractivity (Wildman–Crippen MR) is 105 cm³/mol. The lowest BCUT2D eigenvalue weighted by atomic mass is 10.1. The lowest BCUT2D eigenvalue weighted by molar-refractivity contribution is -0.147. The Labute approximate surface area is 168 Å². The number of rotatable bonds is 7. The Hall–Kier alpha value is -2.01. The van der Waals surface area contributed by atoms with Crippen molar-refractivity contribution in [3.8, 4) is 11.5 Å². The van der Waals surface area contributed by atoms with Gasteiger partial charge >= 0.3 is 5.97 Å². The Bertz CT molecular complexity index is 833. The summed E-state index contributed by atoms with van der Waals surface area (Å²) in [7, 11) is 0. The van der Waals surface area contributed by atoms with E-state index in [1.165, 1.54) is 0 Å². The molecule has 3 atom stereocenters. The second-order valence-electron chi connectivity index (χ2n) is 6.79. The number of allylic oxidation sites excluding steroid dienone is 1. The van der Waals surface area contributed by atoms with Crippen molar-refractivity contribution in [3.63, 3.8) is 0 Å². The molecule has 2 aromatic rings. The highest BCUT2D eigenvalue weighted by Crippen LogP contribution is 2.60. The molecule has 0 bridgehead atoms. The molecule has 3 rings (SSSR count). The van der Waals surface area contributed by atoms with Gasteiger partial charge in [0, 0.05) is 17.9 Å². The number of aliphatic hydroxyl groups excluding tert-OH is 1. The summed E-state index contributed by atoms with van der Waals surface area (Å²) in [4.78, 5) is 12.4. The van der Waals surface area contributed by atoms with Crippen molar-refractivity contribution in [2.24, 2.45) is 17.3 Å². The van der Waals surface area contributed by atoms with Gasteiger partial charge in [-0.3, -0.25) is 4.79 Å². The molecule has 27 heavy (non-hydrogen) atoms. The lowest BCUT2D eigenvalue weighted by Crippen LogP contribution is -2.14. The van der Waals surface area contributed by atoms with Crippen molar-refractivity contribution in [1.29, 1.82) is 0 Å². The van der Waals surface area contributed by atoms with Gasteiger partial charge in [-0.2, -0.15) is 0 Å². The van der Waals surface area contributed by atoms with Gasteiger partial charge in [-0.25, -0.2) is 0 Å². The largest absolute Gasteiger partial charge is 0.461 e. The zero-order chi connectivity index (χ0) is 19.4. The van der Waals surface area contributed by atoms with E-state index in [1.807, 2.05) is 61.5 Å². The lowest BCUT2D eigenvalue weighted by Gasteiger charge is -2.09. The maximum absolute atomic E-state index is 12.4. The molecule has 1 aliphatic carbocycles. The van der Waals surface area contributed by atoms with E-state index < -0.39 is 11.3 Å². The molecular formula is C21H20Cl2O4. The fraction of sp³-hybridized carbons (Fsp3) is 0.286. The zero-order valence-electron chi connectivity index (χ0n) is 14.8. The number of hydrogen-bond acceptors (Lipinski definition) is 4. The van der Waals surface area contributed by atoms with Crippen molar-refractivity contribution < 1.29 is 19.4 Å². The monoisotopic (exact) mass is 406 g/mol. The van der Waals surface area contributed by atoms with E-state index in [0.29, 0.717) is 5.75 Å². The van der Waals surface area contributed by atoms with Crippen LogP contribution < -0.4 is 4.74 Å². The van der Waals surface area contributed by atoms with Crippen LogP contribution in [-0.4, -0.2) is 17.7 Å². The highest BCUT2D eigenvalue weighted by molar-refractivity contribution is 6.55. The first-order valence-electron chi connectivity index (χ1n) is 8.56. The Morgan fingerprint density at radius 1 is 1.15 bits per heavy atom. The highest BCUT2D eigenvalue weighted by Gasteiger charge is 2.64. The summed E-state index contributed by atoms with van der Waals surface area (Å²) < 4.78 is 11.3. The van der Waals surface area contributed by atoms with E-state index in [2.05, 4.69) is 0 Å². The number of benzene rings is 2. The van der Waals surface area contributed by atoms with Gasteiger partial charge in [0.25, 0.3) is 0 Å². The molecule has 0 saturated heterocycles. The number of halogens is 2. The minimum atomic E-state index is -0.593. The summed E-state index contributed by atoms with van der Waals surface area (Å²) in [6.07, 6.45) is 1.58. The van der Waals surface area contributed by atoms with Crippen molar-refractivity contribution in [2.45, 2.75) is 13.5 Å². The Kier molecular flexibility index (Phi) is 6.10. The molecule has 1 aliphatic rings. The first-order chi connectivity index (χ1) is 12.9. The normalized spacial score (nSPS) is 23.4. The van der Waals surface area contributed by atoms with Crippen LogP contribution in [0.2, 0.25) is 0 Å². The molecule has 0 heterocycles. The molecule has 1 N–H and O–H groups in total. The first kappa shape index (κ1) is 19.7. The van der Waals surface area contributed by atoms with Gasteiger partial charge in [0.2, 0.25) is 0 Å². The zero-order valence-corrected chi connectivity index (χ0v) is 16.3. The minimum absolute atomic E-state index is 0.0840. The number of carbonyl (C=O) groups is 1. The molecule has 0 spiro atoms. The molecule has 0 aliphatic heterocycles. The molecule has 2 unspecified atom stereocenters. The average molecular weight is 407 g/mol. The maximum atomic E-state index is 12.4. The fourth-order valence-electron chi connectivity index (χ4n) is 3.21. The molecule has 4 nitrogen and oxygen atoms in total. The highest BCUT2D eigenvalue weighted by atomic mass is 35.5. The smallest absolute Gasteiger partial charge is 0.310 e. The Balaban J connectivity index is 1.61. The number of aliphatic hydroxyl groups is 1. The van der Waals surface area contributed by atoms with Crippen LogP contribution in [0.5, 0.6) is 11.5 Å².